The lowest BCUT2D eigenvalue weighted by molar-refractivity contribution is -0.143. The van der Waals surface area contributed by atoms with Crippen molar-refractivity contribution in [1.29, 1.82) is 0 Å². The maximum absolute atomic E-state index is 11.0. The molecule has 2 rings (SSSR count). The molecule has 1 saturated carbocycles. The van der Waals surface area contributed by atoms with E-state index in [9.17, 15) is 9.90 Å². The van der Waals surface area contributed by atoms with Gasteiger partial charge in [0.2, 0.25) is 0 Å². The molecule has 1 fully saturated rings. The van der Waals surface area contributed by atoms with Crippen molar-refractivity contribution in [1.82, 2.24) is 0 Å². The first-order valence-electron chi connectivity index (χ1n) is 5.77. The molecular formula is C13H17NO3. The Balaban J connectivity index is 1.94. The number of aromatic hydroxyl groups is 1. The largest absolute Gasteiger partial charge is 0.508 e. The third-order valence-electron chi connectivity index (χ3n) is 3.50. The molecule has 0 amide bonds. The van der Waals surface area contributed by atoms with Crippen LogP contribution in [0.15, 0.2) is 24.3 Å². The molecule has 0 aromatic heterocycles. The first-order valence-corrected chi connectivity index (χ1v) is 5.77. The standard InChI is InChI=1S/C13H17NO3/c1-14(10-3-2-4-11(15)9-10)8-7-13(5-6-13)12(16)17/h2-4,9,15H,5-8H2,1H3,(H,16,17). The Morgan fingerprint density at radius 2 is 2.18 bits per heavy atom. The smallest absolute Gasteiger partial charge is 0.309 e. The zero-order valence-corrected chi connectivity index (χ0v) is 9.89. The number of hydrogen-bond donors (Lipinski definition) is 2. The number of carboxylic acid groups (broad SMARTS) is 1. The lowest BCUT2D eigenvalue weighted by Gasteiger charge is -2.21. The Bertz CT molecular complexity index is 426. The van der Waals surface area contributed by atoms with E-state index in [1.165, 1.54) is 0 Å². The van der Waals surface area contributed by atoms with Crippen LogP contribution in [0.25, 0.3) is 0 Å². The van der Waals surface area contributed by atoms with Crippen molar-refractivity contribution in [2.24, 2.45) is 5.41 Å². The Kier molecular flexibility index (Phi) is 2.96. The van der Waals surface area contributed by atoms with Gasteiger partial charge in [0.1, 0.15) is 5.75 Å². The zero-order valence-electron chi connectivity index (χ0n) is 9.89. The molecule has 92 valence electrons. The van der Waals surface area contributed by atoms with Crippen LogP contribution >= 0.6 is 0 Å². The molecule has 4 heteroatoms. The van der Waals surface area contributed by atoms with Crippen LogP contribution in [-0.4, -0.2) is 29.8 Å². The van der Waals surface area contributed by atoms with Crippen LogP contribution in [0.4, 0.5) is 5.69 Å². The van der Waals surface area contributed by atoms with Gasteiger partial charge < -0.3 is 15.1 Å². The van der Waals surface area contributed by atoms with Crippen molar-refractivity contribution in [3.63, 3.8) is 0 Å². The molecule has 4 nitrogen and oxygen atoms in total. The third-order valence-corrected chi connectivity index (χ3v) is 3.50. The number of phenolic OH excluding ortho intramolecular Hbond substituents is 1. The maximum Gasteiger partial charge on any atom is 0.309 e. The van der Waals surface area contributed by atoms with E-state index in [2.05, 4.69) is 0 Å². The van der Waals surface area contributed by atoms with Gasteiger partial charge in [-0.3, -0.25) is 4.79 Å². The highest BCUT2D eigenvalue weighted by Gasteiger charge is 2.49. The second kappa shape index (κ2) is 4.28. The summed E-state index contributed by atoms with van der Waals surface area (Å²) in [4.78, 5) is 13.0. The quantitative estimate of drug-likeness (QED) is 0.820. The molecule has 0 aliphatic heterocycles. The van der Waals surface area contributed by atoms with Gasteiger partial charge in [-0.05, 0) is 31.4 Å². The average molecular weight is 235 g/mol. The van der Waals surface area contributed by atoms with Crippen LogP contribution in [0.5, 0.6) is 5.75 Å². The van der Waals surface area contributed by atoms with Gasteiger partial charge >= 0.3 is 5.97 Å². The molecule has 1 aliphatic rings. The van der Waals surface area contributed by atoms with Gasteiger partial charge in [0.15, 0.2) is 0 Å². The van der Waals surface area contributed by atoms with Crippen molar-refractivity contribution in [3.05, 3.63) is 24.3 Å². The predicted molar refractivity (Wildman–Crippen MR) is 65.3 cm³/mol. The molecule has 1 aromatic carbocycles. The maximum atomic E-state index is 11.0. The number of anilines is 1. The number of hydrogen-bond acceptors (Lipinski definition) is 3. The highest BCUT2D eigenvalue weighted by Crippen LogP contribution is 2.49. The molecule has 0 heterocycles. The van der Waals surface area contributed by atoms with Crippen molar-refractivity contribution >= 4 is 11.7 Å². The van der Waals surface area contributed by atoms with E-state index in [4.69, 9.17) is 5.11 Å². The number of aliphatic carboxylic acids is 1. The van der Waals surface area contributed by atoms with E-state index in [1.807, 2.05) is 18.0 Å². The van der Waals surface area contributed by atoms with Gasteiger partial charge in [0, 0.05) is 25.3 Å². The second-order valence-electron chi connectivity index (χ2n) is 4.78. The van der Waals surface area contributed by atoms with Crippen LogP contribution < -0.4 is 4.90 Å². The highest BCUT2D eigenvalue weighted by molar-refractivity contribution is 5.77. The summed E-state index contributed by atoms with van der Waals surface area (Å²) in [6, 6.07) is 6.99. The van der Waals surface area contributed by atoms with Gasteiger partial charge in [0.05, 0.1) is 5.41 Å². The Hall–Kier alpha value is -1.71. The molecular weight excluding hydrogens is 218 g/mol. The fraction of sp³-hybridized carbons (Fsp3) is 0.462. The summed E-state index contributed by atoms with van der Waals surface area (Å²) in [7, 11) is 1.91. The average Bonchev–Trinajstić information content (AvgIpc) is 3.07. The van der Waals surface area contributed by atoms with Gasteiger partial charge in [-0.25, -0.2) is 0 Å². The second-order valence-corrected chi connectivity index (χ2v) is 4.78. The normalized spacial score (nSPS) is 16.5. The predicted octanol–water partition coefficient (Wildman–Crippen LogP) is 2.08. The Morgan fingerprint density at radius 3 is 2.71 bits per heavy atom. The van der Waals surface area contributed by atoms with Crippen LogP contribution in [0.3, 0.4) is 0 Å². The molecule has 2 N–H and O–H groups in total. The van der Waals surface area contributed by atoms with E-state index < -0.39 is 11.4 Å². The molecule has 0 bridgehead atoms. The van der Waals surface area contributed by atoms with Crippen LogP contribution in [0.1, 0.15) is 19.3 Å². The van der Waals surface area contributed by atoms with Gasteiger partial charge in [-0.2, -0.15) is 0 Å². The summed E-state index contributed by atoms with van der Waals surface area (Å²) in [6.45, 7) is 0.690. The molecule has 1 aliphatic carbocycles. The molecule has 0 radical (unpaired) electrons. The zero-order chi connectivity index (χ0) is 12.5. The summed E-state index contributed by atoms with van der Waals surface area (Å²) >= 11 is 0. The number of nitrogens with zero attached hydrogens (tertiary/aromatic N) is 1. The summed E-state index contributed by atoms with van der Waals surface area (Å²) in [6.07, 6.45) is 2.24. The number of carboxylic acids is 1. The minimum atomic E-state index is -0.679. The summed E-state index contributed by atoms with van der Waals surface area (Å²) in [5.41, 5.74) is 0.427. The lowest BCUT2D eigenvalue weighted by Crippen LogP contribution is -2.25. The number of rotatable bonds is 5. The van der Waals surface area contributed by atoms with E-state index in [0.29, 0.717) is 13.0 Å². The van der Waals surface area contributed by atoms with Gasteiger partial charge in [-0.15, -0.1) is 0 Å². The van der Waals surface area contributed by atoms with Crippen molar-refractivity contribution in [2.45, 2.75) is 19.3 Å². The van der Waals surface area contributed by atoms with Crippen LogP contribution in [0, 0.1) is 5.41 Å². The van der Waals surface area contributed by atoms with E-state index >= 15 is 0 Å². The molecule has 0 atom stereocenters. The Morgan fingerprint density at radius 1 is 1.47 bits per heavy atom. The minimum Gasteiger partial charge on any atom is -0.508 e. The van der Waals surface area contributed by atoms with Gasteiger partial charge in [0.25, 0.3) is 0 Å². The topological polar surface area (TPSA) is 60.8 Å². The van der Waals surface area contributed by atoms with Crippen molar-refractivity contribution in [2.75, 3.05) is 18.5 Å². The lowest BCUT2D eigenvalue weighted by atomic mass is 10.0. The van der Waals surface area contributed by atoms with Crippen LogP contribution in [-0.2, 0) is 4.79 Å². The molecule has 1 aromatic rings. The number of phenols is 1. The Labute approximate surface area is 100 Å². The van der Waals surface area contributed by atoms with Crippen LogP contribution in [0.2, 0.25) is 0 Å². The molecule has 0 spiro atoms. The number of carbonyl (C=O) groups is 1. The fourth-order valence-electron chi connectivity index (χ4n) is 1.96. The molecule has 17 heavy (non-hydrogen) atoms. The summed E-state index contributed by atoms with van der Waals surface area (Å²) < 4.78 is 0. The molecule has 0 unspecified atom stereocenters. The summed E-state index contributed by atoms with van der Waals surface area (Å²) in [5.74, 6) is -0.449. The molecule has 0 saturated heterocycles. The van der Waals surface area contributed by atoms with E-state index in [0.717, 1.165) is 18.5 Å². The minimum absolute atomic E-state index is 0.230. The third kappa shape index (κ3) is 2.52. The SMILES string of the molecule is CN(CCC1(C(=O)O)CC1)c1cccc(O)c1. The summed E-state index contributed by atoms with van der Waals surface area (Å²) in [5, 5.41) is 18.4. The van der Waals surface area contributed by atoms with E-state index in [-0.39, 0.29) is 5.75 Å². The first kappa shape index (κ1) is 11.8. The monoisotopic (exact) mass is 235 g/mol. The first-order chi connectivity index (χ1) is 8.03. The number of benzene rings is 1. The van der Waals surface area contributed by atoms with Crippen molar-refractivity contribution < 1.29 is 15.0 Å². The highest BCUT2D eigenvalue weighted by atomic mass is 16.4. The van der Waals surface area contributed by atoms with E-state index in [1.54, 1.807) is 18.2 Å². The van der Waals surface area contributed by atoms with Crippen molar-refractivity contribution in [3.8, 4) is 5.75 Å². The van der Waals surface area contributed by atoms with Gasteiger partial charge in [-0.1, -0.05) is 6.07 Å². The fourth-order valence-corrected chi connectivity index (χ4v) is 1.96.